The summed E-state index contributed by atoms with van der Waals surface area (Å²) in [5.74, 6) is -0.334. The van der Waals surface area contributed by atoms with Crippen LogP contribution < -0.4 is 5.32 Å². The van der Waals surface area contributed by atoms with E-state index in [4.69, 9.17) is 4.98 Å². The van der Waals surface area contributed by atoms with Crippen LogP contribution in [0, 0.1) is 17.0 Å². The topological polar surface area (TPSA) is 103 Å². The van der Waals surface area contributed by atoms with Crippen molar-refractivity contribution in [3.05, 3.63) is 82.0 Å². The molecule has 0 bridgehead atoms. The molecule has 144 valence electrons. The van der Waals surface area contributed by atoms with E-state index in [1.807, 2.05) is 37.3 Å². The minimum atomic E-state index is -0.483. The van der Waals surface area contributed by atoms with E-state index in [2.05, 4.69) is 10.4 Å². The highest BCUT2D eigenvalue weighted by Crippen LogP contribution is 2.27. The van der Waals surface area contributed by atoms with E-state index >= 15 is 0 Å². The number of carbonyl (C=O) groups is 1. The van der Waals surface area contributed by atoms with Gasteiger partial charge in [0, 0.05) is 30.4 Å². The summed E-state index contributed by atoms with van der Waals surface area (Å²) in [6, 6.07) is 17.0. The summed E-state index contributed by atoms with van der Waals surface area (Å²) in [7, 11) is 1.79. The molecule has 1 amide bonds. The zero-order chi connectivity index (χ0) is 20.5. The fourth-order valence-corrected chi connectivity index (χ4v) is 3.25. The molecule has 2 heterocycles. The average Bonchev–Trinajstić information content (AvgIpc) is 3.02. The van der Waals surface area contributed by atoms with Crippen molar-refractivity contribution in [2.45, 2.75) is 6.92 Å². The van der Waals surface area contributed by atoms with Crippen LogP contribution in [-0.2, 0) is 7.05 Å². The first-order valence-corrected chi connectivity index (χ1v) is 8.89. The van der Waals surface area contributed by atoms with E-state index in [1.165, 1.54) is 24.3 Å². The van der Waals surface area contributed by atoms with E-state index in [0.717, 1.165) is 5.56 Å². The number of nitrogens with one attached hydrogen (secondary N) is 1. The van der Waals surface area contributed by atoms with E-state index in [0.29, 0.717) is 33.7 Å². The third-order valence-electron chi connectivity index (χ3n) is 4.62. The first-order valence-electron chi connectivity index (χ1n) is 8.89. The molecule has 8 nitrogen and oxygen atoms in total. The zero-order valence-electron chi connectivity index (χ0n) is 15.8. The summed E-state index contributed by atoms with van der Waals surface area (Å²) in [5.41, 5.74) is 3.73. The fourth-order valence-electron chi connectivity index (χ4n) is 3.25. The normalized spacial score (nSPS) is 10.8. The first kappa shape index (κ1) is 18.3. The van der Waals surface area contributed by atoms with Crippen molar-refractivity contribution >= 4 is 28.3 Å². The summed E-state index contributed by atoms with van der Waals surface area (Å²) in [4.78, 5) is 28.1. The van der Waals surface area contributed by atoms with Crippen molar-refractivity contribution in [2.75, 3.05) is 5.32 Å². The number of nitrogens with zero attached hydrogens (tertiary/aromatic N) is 4. The third-order valence-corrected chi connectivity index (χ3v) is 4.62. The Bertz CT molecular complexity index is 1230. The van der Waals surface area contributed by atoms with Crippen molar-refractivity contribution in [1.82, 2.24) is 14.8 Å². The maximum absolute atomic E-state index is 13.1. The molecule has 2 aromatic heterocycles. The van der Waals surface area contributed by atoms with Gasteiger partial charge in [0.15, 0.2) is 5.65 Å². The Morgan fingerprint density at radius 3 is 2.45 bits per heavy atom. The minimum absolute atomic E-state index is 0.0382. The van der Waals surface area contributed by atoms with Gasteiger partial charge in [-0.15, -0.1) is 0 Å². The number of hydrogen-bond donors (Lipinski definition) is 1. The number of anilines is 1. The molecule has 0 radical (unpaired) electrons. The van der Waals surface area contributed by atoms with Crippen LogP contribution in [0.2, 0.25) is 0 Å². The largest absolute Gasteiger partial charge is 0.322 e. The van der Waals surface area contributed by atoms with Crippen LogP contribution in [0.4, 0.5) is 11.4 Å². The van der Waals surface area contributed by atoms with E-state index < -0.39 is 4.92 Å². The van der Waals surface area contributed by atoms with Crippen LogP contribution in [-0.4, -0.2) is 25.6 Å². The molecule has 2 aromatic carbocycles. The lowest BCUT2D eigenvalue weighted by atomic mass is 10.0. The number of amides is 1. The minimum Gasteiger partial charge on any atom is -0.322 e. The van der Waals surface area contributed by atoms with Crippen LogP contribution >= 0.6 is 0 Å². The molecular weight excluding hydrogens is 370 g/mol. The zero-order valence-corrected chi connectivity index (χ0v) is 15.8. The number of benzene rings is 2. The molecule has 0 spiro atoms. The Morgan fingerprint density at radius 1 is 1.10 bits per heavy atom. The summed E-state index contributed by atoms with van der Waals surface area (Å²) >= 11 is 0. The molecule has 0 unspecified atom stereocenters. The maximum atomic E-state index is 13.1. The summed E-state index contributed by atoms with van der Waals surface area (Å²) in [6.07, 6.45) is 0. The summed E-state index contributed by atoms with van der Waals surface area (Å²) < 4.78 is 1.65. The van der Waals surface area contributed by atoms with Gasteiger partial charge in [0.05, 0.1) is 27.3 Å². The molecule has 0 fully saturated rings. The van der Waals surface area contributed by atoms with Crippen molar-refractivity contribution in [3.8, 4) is 11.3 Å². The molecule has 0 saturated heterocycles. The quantitative estimate of drug-likeness (QED) is 0.419. The van der Waals surface area contributed by atoms with E-state index in [-0.39, 0.29) is 11.6 Å². The molecule has 0 aliphatic heterocycles. The van der Waals surface area contributed by atoms with Crippen LogP contribution in [0.1, 0.15) is 16.1 Å². The van der Waals surface area contributed by atoms with E-state index in [9.17, 15) is 14.9 Å². The predicted octanol–water partition coefficient (Wildman–Crippen LogP) is 4.10. The molecule has 0 saturated carbocycles. The van der Waals surface area contributed by atoms with Gasteiger partial charge in [-0.3, -0.25) is 19.6 Å². The molecule has 1 N–H and O–H groups in total. The second-order valence-electron chi connectivity index (χ2n) is 6.59. The van der Waals surface area contributed by atoms with Crippen molar-refractivity contribution in [2.24, 2.45) is 7.05 Å². The highest BCUT2D eigenvalue weighted by molar-refractivity contribution is 6.13. The van der Waals surface area contributed by atoms with Gasteiger partial charge >= 0.3 is 0 Å². The highest BCUT2D eigenvalue weighted by atomic mass is 16.6. The second kappa shape index (κ2) is 7.16. The average molecular weight is 387 g/mol. The Labute approximate surface area is 166 Å². The lowest BCUT2D eigenvalue weighted by molar-refractivity contribution is -0.384. The number of carbonyl (C=O) groups excluding carboxylic acids is 1. The molecule has 4 aromatic rings. The number of non-ortho nitro benzene ring substituents is 1. The molecule has 0 aliphatic rings. The predicted molar refractivity (Wildman–Crippen MR) is 110 cm³/mol. The molecule has 0 atom stereocenters. The van der Waals surface area contributed by atoms with Crippen LogP contribution in [0.15, 0.2) is 60.7 Å². The van der Waals surface area contributed by atoms with Crippen molar-refractivity contribution < 1.29 is 9.72 Å². The van der Waals surface area contributed by atoms with Gasteiger partial charge in [-0.25, -0.2) is 4.98 Å². The Balaban J connectivity index is 1.79. The van der Waals surface area contributed by atoms with Crippen molar-refractivity contribution in [3.63, 3.8) is 0 Å². The number of hydrogen-bond acceptors (Lipinski definition) is 5. The molecular formula is C21H17N5O3. The third kappa shape index (κ3) is 3.43. The highest BCUT2D eigenvalue weighted by Gasteiger charge is 2.19. The van der Waals surface area contributed by atoms with Gasteiger partial charge in [-0.2, -0.15) is 5.10 Å². The number of nitro benzene ring substituents is 1. The number of rotatable bonds is 4. The van der Waals surface area contributed by atoms with Gasteiger partial charge in [0.25, 0.3) is 11.6 Å². The Kier molecular flexibility index (Phi) is 4.52. The van der Waals surface area contributed by atoms with Crippen molar-refractivity contribution in [1.29, 1.82) is 0 Å². The second-order valence-corrected chi connectivity index (χ2v) is 6.59. The Morgan fingerprint density at radius 2 is 1.79 bits per heavy atom. The van der Waals surface area contributed by atoms with Crippen LogP contribution in [0.5, 0.6) is 0 Å². The van der Waals surface area contributed by atoms with Gasteiger partial charge in [-0.05, 0) is 25.1 Å². The standard InChI is InChI=1S/C21H17N5O3/c1-13-19-17(21(27)22-15-8-10-16(11-9-15)26(28)29)12-18(14-6-4-3-5-7-14)23-20(19)25(2)24-13/h3-12H,1-2H3,(H,22,27). The van der Waals surface area contributed by atoms with Gasteiger partial charge in [-0.1, -0.05) is 30.3 Å². The van der Waals surface area contributed by atoms with E-state index in [1.54, 1.807) is 17.8 Å². The van der Waals surface area contributed by atoms with Gasteiger partial charge in [0.1, 0.15) is 0 Å². The van der Waals surface area contributed by atoms with Gasteiger partial charge in [0.2, 0.25) is 0 Å². The molecule has 8 heteroatoms. The number of nitro groups is 1. The molecule has 0 aliphatic carbocycles. The SMILES string of the molecule is Cc1nn(C)c2nc(-c3ccccc3)cc(C(=O)Nc3ccc([N+](=O)[O-])cc3)c12. The van der Waals surface area contributed by atoms with Crippen LogP contribution in [0.25, 0.3) is 22.3 Å². The fraction of sp³-hybridized carbons (Fsp3) is 0.0952. The smallest absolute Gasteiger partial charge is 0.269 e. The number of fused-ring (bicyclic) bond motifs is 1. The molecule has 4 rings (SSSR count). The molecule has 29 heavy (non-hydrogen) atoms. The Hall–Kier alpha value is -4.07. The number of aryl methyl sites for hydroxylation is 2. The van der Waals surface area contributed by atoms with Crippen LogP contribution in [0.3, 0.4) is 0 Å². The first-order chi connectivity index (χ1) is 13.9. The lowest BCUT2D eigenvalue weighted by Gasteiger charge is -2.09. The monoisotopic (exact) mass is 387 g/mol. The maximum Gasteiger partial charge on any atom is 0.269 e. The summed E-state index contributed by atoms with van der Waals surface area (Å²) in [5, 5.41) is 18.7. The number of aromatic nitrogens is 3. The van der Waals surface area contributed by atoms with Gasteiger partial charge < -0.3 is 5.32 Å². The lowest BCUT2D eigenvalue weighted by Crippen LogP contribution is -2.13. The number of pyridine rings is 1. The summed E-state index contributed by atoms with van der Waals surface area (Å²) in [6.45, 7) is 1.83.